The fraction of sp³-hybridized carbons (Fsp3) is 0.417. The second-order valence-electron chi connectivity index (χ2n) is 8.05. The highest BCUT2D eigenvalue weighted by atomic mass is 19.4. The largest absolute Gasteiger partial charge is 0.497 e. The molecule has 1 unspecified atom stereocenters. The molecule has 0 spiro atoms. The molecule has 2 heterocycles. The number of aryl methyl sites for hydroxylation is 1. The molecule has 1 atom stereocenters. The van der Waals surface area contributed by atoms with Crippen LogP contribution in [0.15, 0.2) is 46.9 Å². The van der Waals surface area contributed by atoms with Gasteiger partial charge >= 0.3 is 6.18 Å². The summed E-state index contributed by atoms with van der Waals surface area (Å²) < 4.78 is 49.6. The van der Waals surface area contributed by atoms with Crippen LogP contribution in [0.5, 0.6) is 5.75 Å². The Bertz CT molecular complexity index is 1040. The van der Waals surface area contributed by atoms with Gasteiger partial charge in [0.25, 0.3) is 0 Å². The summed E-state index contributed by atoms with van der Waals surface area (Å²) in [6, 6.07) is 11.1. The summed E-state index contributed by atoms with van der Waals surface area (Å²) in [5, 5.41) is 11.1. The summed E-state index contributed by atoms with van der Waals surface area (Å²) in [7, 11) is 1.64. The van der Waals surface area contributed by atoms with Crippen molar-refractivity contribution in [3.63, 3.8) is 0 Å². The van der Waals surface area contributed by atoms with Gasteiger partial charge in [0.15, 0.2) is 0 Å². The van der Waals surface area contributed by atoms with Crippen molar-refractivity contribution in [2.75, 3.05) is 26.7 Å². The maximum atomic E-state index is 12.9. The third-order valence-electron chi connectivity index (χ3n) is 5.88. The van der Waals surface area contributed by atoms with E-state index in [1.165, 1.54) is 6.07 Å². The van der Waals surface area contributed by atoms with Crippen LogP contribution in [-0.2, 0) is 19.0 Å². The normalized spacial score (nSPS) is 17.5. The van der Waals surface area contributed by atoms with E-state index in [2.05, 4.69) is 4.90 Å². The maximum Gasteiger partial charge on any atom is 0.416 e. The minimum Gasteiger partial charge on any atom is -0.497 e. The topological polar surface area (TPSA) is 45.8 Å². The lowest BCUT2D eigenvalue weighted by Gasteiger charge is -2.21. The van der Waals surface area contributed by atoms with Crippen molar-refractivity contribution < 1.29 is 27.4 Å². The number of ether oxygens (including phenoxy) is 1. The first-order chi connectivity index (χ1) is 14.8. The summed E-state index contributed by atoms with van der Waals surface area (Å²) in [5.41, 5.74) is 1.90. The number of unbranched alkanes of at least 4 members (excludes halogenated alkanes) is 1. The molecule has 0 saturated carbocycles. The number of hydrogen-bond acceptors (Lipinski definition) is 4. The average molecular weight is 433 g/mol. The van der Waals surface area contributed by atoms with E-state index in [1.807, 2.05) is 18.2 Å². The number of methoxy groups -OCH3 is 1. The van der Waals surface area contributed by atoms with Gasteiger partial charge in [0.05, 0.1) is 18.8 Å². The van der Waals surface area contributed by atoms with Crippen LogP contribution < -0.4 is 4.74 Å². The lowest BCUT2D eigenvalue weighted by Crippen LogP contribution is -2.29. The Hall–Kier alpha value is -2.51. The predicted molar refractivity (Wildman–Crippen MR) is 112 cm³/mol. The van der Waals surface area contributed by atoms with Crippen molar-refractivity contribution in [1.29, 1.82) is 0 Å². The number of β-amino-alcohol motifs (C(OH)–C–C–N with tert-alkyl or cyclic N) is 1. The van der Waals surface area contributed by atoms with Crippen molar-refractivity contribution in [2.45, 2.75) is 38.0 Å². The number of rotatable bonds is 6. The fourth-order valence-electron chi connectivity index (χ4n) is 4.20. The van der Waals surface area contributed by atoms with Crippen molar-refractivity contribution in [1.82, 2.24) is 4.90 Å². The summed E-state index contributed by atoms with van der Waals surface area (Å²) in [5.74, 6) is 1.50. The number of benzene rings is 2. The van der Waals surface area contributed by atoms with Crippen LogP contribution in [0.1, 0.15) is 41.4 Å². The molecule has 0 aliphatic carbocycles. The third kappa shape index (κ3) is 5.05. The van der Waals surface area contributed by atoms with Gasteiger partial charge in [0.2, 0.25) is 0 Å². The number of nitrogens with zero attached hydrogens (tertiary/aromatic N) is 1. The van der Waals surface area contributed by atoms with E-state index >= 15 is 0 Å². The number of aliphatic hydroxyl groups excluding tert-OH is 1. The van der Waals surface area contributed by atoms with Crippen LogP contribution in [0.25, 0.3) is 11.0 Å². The highest BCUT2D eigenvalue weighted by Crippen LogP contribution is 2.32. The zero-order valence-electron chi connectivity index (χ0n) is 17.4. The van der Waals surface area contributed by atoms with E-state index in [9.17, 15) is 18.3 Å². The van der Waals surface area contributed by atoms with Crippen molar-refractivity contribution in [3.8, 4) is 5.75 Å². The standard InChI is InChI=1S/C24H26F3NO3/c1-30-19-6-7-21-16(13-19)9-11-28(15-22(21)29)10-3-2-4-20-14-17-12-18(24(25,26)27)5-8-23(17)31-20/h5-8,12-14,22,29H,2-4,9-11,15H2,1H3. The summed E-state index contributed by atoms with van der Waals surface area (Å²) >= 11 is 0. The Morgan fingerprint density at radius 3 is 2.74 bits per heavy atom. The molecule has 0 amide bonds. The lowest BCUT2D eigenvalue weighted by atomic mass is 10.0. The Morgan fingerprint density at radius 2 is 1.97 bits per heavy atom. The molecule has 0 saturated heterocycles. The lowest BCUT2D eigenvalue weighted by molar-refractivity contribution is -0.137. The molecular weight excluding hydrogens is 407 g/mol. The third-order valence-corrected chi connectivity index (χ3v) is 5.88. The zero-order valence-corrected chi connectivity index (χ0v) is 17.4. The van der Waals surface area contributed by atoms with Crippen LogP contribution in [0.4, 0.5) is 13.2 Å². The Morgan fingerprint density at radius 1 is 1.13 bits per heavy atom. The second-order valence-corrected chi connectivity index (χ2v) is 8.05. The van der Waals surface area contributed by atoms with Gasteiger partial charge in [-0.05, 0) is 73.3 Å². The van der Waals surface area contributed by atoms with Gasteiger partial charge in [-0.3, -0.25) is 0 Å². The second kappa shape index (κ2) is 8.93. The molecule has 3 aromatic rings. The van der Waals surface area contributed by atoms with Gasteiger partial charge < -0.3 is 19.2 Å². The summed E-state index contributed by atoms with van der Waals surface area (Å²) in [6.07, 6.45) is -1.58. The van der Waals surface area contributed by atoms with Crippen LogP contribution in [0.2, 0.25) is 0 Å². The van der Waals surface area contributed by atoms with Gasteiger partial charge in [-0.1, -0.05) is 6.07 Å². The van der Waals surface area contributed by atoms with E-state index in [-0.39, 0.29) is 0 Å². The van der Waals surface area contributed by atoms with Crippen LogP contribution in [0, 0.1) is 0 Å². The molecule has 0 bridgehead atoms. The molecule has 1 N–H and O–H groups in total. The number of furan rings is 1. The molecule has 0 radical (unpaired) electrons. The van der Waals surface area contributed by atoms with Gasteiger partial charge in [-0.15, -0.1) is 0 Å². The van der Waals surface area contributed by atoms with Crippen molar-refractivity contribution in [3.05, 3.63) is 64.9 Å². The van der Waals surface area contributed by atoms with Gasteiger partial charge in [0.1, 0.15) is 17.1 Å². The molecule has 166 valence electrons. The van der Waals surface area contributed by atoms with E-state index in [0.717, 1.165) is 61.4 Å². The molecule has 1 aliphatic rings. The van der Waals surface area contributed by atoms with Crippen LogP contribution in [-0.4, -0.2) is 36.8 Å². The maximum absolute atomic E-state index is 12.9. The van der Waals surface area contributed by atoms with Crippen molar-refractivity contribution in [2.24, 2.45) is 0 Å². The van der Waals surface area contributed by atoms with Crippen LogP contribution in [0.3, 0.4) is 0 Å². The molecule has 4 nitrogen and oxygen atoms in total. The van der Waals surface area contributed by atoms with Crippen LogP contribution >= 0.6 is 0 Å². The Balaban J connectivity index is 1.30. The highest BCUT2D eigenvalue weighted by molar-refractivity contribution is 5.78. The van der Waals surface area contributed by atoms with Gasteiger partial charge in [0, 0.05) is 24.9 Å². The molecule has 2 aromatic carbocycles. The summed E-state index contributed by atoms with van der Waals surface area (Å²) in [6.45, 7) is 2.30. The Labute approximate surface area is 179 Å². The first-order valence-electron chi connectivity index (χ1n) is 10.5. The van der Waals surface area contributed by atoms with Gasteiger partial charge in [-0.2, -0.15) is 13.2 Å². The van der Waals surface area contributed by atoms with Gasteiger partial charge in [-0.25, -0.2) is 0 Å². The number of halogens is 3. The molecule has 7 heteroatoms. The minimum atomic E-state index is -4.35. The summed E-state index contributed by atoms with van der Waals surface area (Å²) in [4.78, 5) is 2.26. The number of hydrogen-bond donors (Lipinski definition) is 1. The molecule has 1 aliphatic heterocycles. The van der Waals surface area contributed by atoms with Crippen molar-refractivity contribution >= 4 is 11.0 Å². The minimum absolute atomic E-state index is 0.479. The SMILES string of the molecule is COc1ccc2c(c1)CCN(CCCCc1cc3cc(C(F)(F)F)ccc3o1)CC2O. The smallest absolute Gasteiger partial charge is 0.416 e. The van der Waals surface area contributed by atoms with E-state index in [0.29, 0.717) is 29.7 Å². The van der Waals surface area contributed by atoms with E-state index in [1.54, 1.807) is 13.2 Å². The quantitative estimate of drug-likeness (QED) is 0.531. The zero-order chi connectivity index (χ0) is 22.0. The fourth-order valence-corrected chi connectivity index (χ4v) is 4.20. The monoisotopic (exact) mass is 433 g/mol. The average Bonchev–Trinajstić information content (AvgIpc) is 3.08. The first-order valence-corrected chi connectivity index (χ1v) is 10.5. The van der Waals surface area contributed by atoms with E-state index < -0.39 is 17.8 Å². The van der Waals surface area contributed by atoms with E-state index in [4.69, 9.17) is 9.15 Å². The number of alkyl halides is 3. The first kappa shape index (κ1) is 21.7. The molecule has 31 heavy (non-hydrogen) atoms. The molecule has 1 aromatic heterocycles. The highest BCUT2D eigenvalue weighted by Gasteiger charge is 2.30. The number of fused-ring (bicyclic) bond motifs is 2. The molecule has 0 fully saturated rings. The molecular formula is C24H26F3NO3. The molecule has 4 rings (SSSR count). The number of aliphatic hydroxyl groups is 1. The Kier molecular flexibility index (Phi) is 6.25. The predicted octanol–water partition coefficient (Wildman–Crippen LogP) is 5.37.